The van der Waals surface area contributed by atoms with E-state index < -0.39 is 17.8 Å². The highest BCUT2D eigenvalue weighted by atomic mass is 19.4. The van der Waals surface area contributed by atoms with Crippen molar-refractivity contribution in [2.75, 3.05) is 0 Å². The number of hydrogen-bond donors (Lipinski definition) is 1. The molecule has 0 radical (unpaired) electrons. The molecule has 124 valence electrons. The monoisotopic (exact) mass is 332 g/mol. The lowest BCUT2D eigenvalue weighted by atomic mass is 9.99. The SMILES string of the molecule is Cn1ncc(C(F)(F)F)c1C(O)c1ccc(-c2ccccc2)cc1. The zero-order valence-corrected chi connectivity index (χ0v) is 12.8. The first-order valence-corrected chi connectivity index (χ1v) is 7.30. The molecule has 1 unspecified atom stereocenters. The quantitative estimate of drug-likeness (QED) is 0.781. The fourth-order valence-corrected chi connectivity index (χ4v) is 2.64. The number of aromatic nitrogens is 2. The maximum atomic E-state index is 13.1. The van der Waals surface area contributed by atoms with E-state index in [1.54, 1.807) is 24.3 Å². The van der Waals surface area contributed by atoms with Crippen LogP contribution in [-0.4, -0.2) is 14.9 Å². The van der Waals surface area contributed by atoms with Crippen LogP contribution < -0.4 is 0 Å². The molecular weight excluding hydrogens is 317 g/mol. The van der Waals surface area contributed by atoms with Crippen molar-refractivity contribution in [3.05, 3.63) is 77.6 Å². The summed E-state index contributed by atoms with van der Waals surface area (Å²) in [7, 11) is 1.38. The van der Waals surface area contributed by atoms with E-state index in [1.807, 2.05) is 30.3 Å². The average molecular weight is 332 g/mol. The molecule has 2 aromatic carbocycles. The predicted molar refractivity (Wildman–Crippen MR) is 84.1 cm³/mol. The third kappa shape index (κ3) is 3.05. The van der Waals surface area contributed by atoms with Gasteiger partial charge in [0.15, 0.2) is 0 Å². The minimum atomic E-state index is -4.56. The van der Waals surface area contributed by atoms with Crippen LogP contribution in [0.5, 0.6) is 0 Å². The van der Waals surface area contributed by atoms with Gasteiger partial charge >= 0.3 is 6.18 Å². The van der Waals surface area contributed by atoms with Crippen molar-refractivity contribution in [2.45, 2.75) is 12.3 Å². The molecule has 6 heteroatoms. The Morgan fingerprint density at radius 3 is 2.12 bits per heavy atom. The summed E-state index contributed by atoms with van der Waals surface area (Å²) in [5.41, 5.74) is 1.10. The number of alkyl halides is 3. The van der Waals surface area contributed by atoms with Crippen molar-refractivity contribution in [1.29, 1.82) is 0 Å². The Labute approximate surface area is 137 Å². The summed E-state index contributed by atoms with van der Waals surface area (Å²) < 4.78 is 40.2. The highest BCUT2D eigenvalue weighted by Gasteiger charge is 2.38. The third-order valence-corrected chi connectivity index (χ3v) is 3.88. The highest BCUT2D eigenvalue weighted by molar-refractivity contribution is 5.63. The summed E-state index contributed by atoms with van der Waals surface area (Å²) in [4.78, 5) is 0. The second-order valence-electron chi connectivity index (χ2n) is 5.46. The van der Waals surface area contributed by atoms with E-state index in [4.69, 9.17) is 0 Å². The molecule has 0 aliphatic carbocycles. The lowest BCUT2D eigenvalue weighted by molar-refractivity contribution is -0.139. The van der Waals surface area contributed by atoms with Gasteiger partial charge in [-0.05, 0) is 16.7 Å². The van der Waals surface area contributed by atoms with Crippen molar-refractivity contribution in [2.24, 2.45) is 7.05 Å². The Morgan fingerprint density at radius 2 is 1.54 bits per heavy atom. The highest BCUT2D eigenvalue weighted by Crippen LogP contribution is 2.36. The van der Waals surface area contributed by atoms with E-state index in [9.17, 15) is 18.3 Å². The van der Waals surface area contributed by atoms with Crippen LogP contribution in [0.3, 0.4) is 0 Å². The Balaban J connectivity index is 1.94. The van der Waals surface area contributed by atoms with Crippen molar-refractivity contribution >= 4 is 0 Å². The molecule has 0 amide bonds. The average Bonchev–Trinajstić information content (AvgIpc) is 2.97. The van der Waals surface area contributed by atoms with E-state index in [0.717, 1.165) is 22.0 Å². The first-order valence-electron chi connectivity index (χ1n) is 7.30. The molecule has 3 aromatic rings. The molecule has 1 atom stereocenters. The third-order valence-electron chi connectivity index (χ3n) is 3.88. The molecule has 0 fully saturated rings. The van der Waals surface area contributed by atoms with Crippen LogP contribution in [0.4, 0.5) is 13.2 Å². The number of aliphatic hydroxyl groups is 1. The van der Waals surface area contributed by atoms with Gasteiger partial charge in [0.1, 0.15) is 6.10 Å². The van der Waals surface area contributed by atoms with Gasteiger partial charge in [0.05, 0.1) is 17.5 Å². The van der Waals surface area contributed by atoms with Crippen LogP contribution in [0.2, 0.25) is 0 Å². The fourth-order valence-electron chi connectivity index (χ4n) is 2.64. The van der Waals surface area contributed by atoms with Gasteiger partial charge in [-0.3, -0.25) is 4.68 Å². The van der Waals surface area contributed by atoms with Crippen LogP contribution >= 0.6 is 0 Å². The second-order valence-corrected chi connectivity index (χ2v) is 5.46. The van der Waals surface area contributed by atoms with Gasteiger partial charge in [0.2, 0.25) is 0 Å². The molecule has 0 saturated carbocycles. The first kappa shape index (κ1) is 16.3. The second kappa shape index (κ2) is 6.13. The normalized spacial score (nSPS) is 13.0. The molecule has 3 rings (SSSR count). The van der Waals surface area contributed by atoms with Gasteiger partial charge in [0, 0.05) is 7.05 Å². The zero-order valence-electron chi connectivity index (χ0n) is 12.8. The van der Waals surface area contributed by atoms with E-state index >= 15 is 0 Å². The van der Waals surface area contributed by atoms with E-state index in [-0.39, 0.29) is 5.69 Å². The summed E-state index contributed by atoms with van der Waals surface area (Å²) in [5.74, 6) is 0. The van der Waals surface area contributed by atoms with E-state index in [1.165, 1.54) is 7.05 Å². The smallest absolute Gasteiger partial charge is 0.382 e. The fraction of sp³-hybridized carbons (Fsp3) is 0.167. The minimum absolute atomic E-state index is 0.269. The summed E-state index contributed by atoms with van der Waals surface area (Å²) in [6.45, 7) is 0. The molecule has 0 aliphatic heterocycles. The van der Waals surface area contributed by atoms with E-state index in [2.05, 4.69) is 5.10 Å². The first-order chi connectivity index (χ1) is 11.4. The van der Waals surface area contributed by atoms with Crippen molar-refractivity contribution in [3.63, 3.8) is 0 Å². The molecule has 0 bridgehead atoms. The Morgan fingerprint density at radius 1 is 0.958 bits per heavy atom. The van der Waals surface area contributed by atoms with Crippen LogP contribution in [0, 0.1) is 0 Å². The van der Waals surface area contributed by atoms with Crippen molar-refractivity contribution in [3.8, 4) is 11.1 Å². The standard InChI is InChI=1S/C18H15F3N2O/c1-23-16(15(11-22-23)18(19,20)21)17(24)14-9-7-13(8-10-14)12-5-3-2-4-6-12/h2-11,17,24H,1H3. The van der Waals surface area contributed by atoms with Gasteiger partial charge in [-0.2, -0.15) is 18.3 Å². The summed E-state index contributed by atoms with van der Waals surface area (Å²) in [5, 5.41) is 14.0. The van der Waals surface area contributed by atoms with Crippen molar-refractivity contribution in [1.82, 2.24) is 9.78 Å². The van der Waals surface area contributed by atoms with Gasteiger partial charge in [-0.1, -0.05) is 54.6 Å². The number of aryl methyl sites for hydroxylation is 1. The van der Waals surface area contributed by atoms with Gasteiger partial charge in [-0.15, -0.1) is 0 Å². The number of benzene rings is 2. The Hall–Kier alpha value is -2.60. The molecule has 1 aromatic heterocycles. The number of hydrogen-bond acceptors (Lipinski definition) is 2. The maximum absolute atomic E-state index is 13.1. The lowest BCUT2D eigenvalue weighted by Gasteiger charge is -2.16. The van der Waals surface area contributed by atoms with Crippen LogP contribution in [0.25, 0.3) is 11.1 Å². The number of rotatable bonds is 3. The number of nitrogens with zero attached hydrogens (tertiary/aromatic N) is 2. The van der Waals surface area contributed by atoms with Gasteiger partial charge in [-0.25, -0.2) is 0 Å². The summed E-state index contributed by atoms with van der Waals surface area (Å²) in [6, 6.07) is 16.4. The molecule has 1 N–H and O–H groups in total. The lowest BCUT2D eigenvalue weighted by Crippen LogP contribution is -2.14. The van der Waals surface area contributed by atoms with Crippen molar-refractivity contribution < 1.29 is 18.3 Å². The molecule has 24 heavy (non-hydrogen) atoms. The predicted octanol–water partition coefficient (Wildman–Crippen LogP) is 4.19. The number of aliphatic hydroxyl groups excluding tert-OH is 1. The Kier molecular flexibility index (Phi) is 4.15. The largest absolute Gasteiger partial charge is 0.419 e. The zero-order chi connectivity index (χ0) is 17.3. The number of halogens is 3. The molecule has 0 aliphatic rings. The topological polar surface area (TPSA) is 38.0 Å². The molecule has 1 heterocycles. The Bertz CT molecular complexity index is 824. The minimum Gasteiger partial charge on any atom is -0.382 e. The van der Waals surface area contributed by atoms with E-state index in [0.29, 0.717) is 5.56 Å². The summed E-state index contributed by atoms with van der Waals surface area (Å²) >= 11 is 0. The van der Waals surface area contributed by atoms with Crippen LogP contribution in [0.15, 0.2) is 60.8 Å². The molecule has 0 spiro atoms. The van der Waals surface area contributed by atoms with Gasteiger partial charge in [0.25, 0.3) is 0 Å². The van der Waals surface area contributed by atoms with Gasteiger partial charge < -0.3 is 5.11 Å². The molecular formula is C18H15F3N2O. The molecule has 3 nitrogen and oxygen atoms in total. The van der Waals surface area contributed by atoms with Crippen LogP contribution in [-0.2, 0) is 13.2 Å². The molecule has 0 saturated heterocycles. The summed E-state index contributed by atoms with van der Waals surface area (Å²) in [6.07, 6.45) is -5.23. The van der Waals surface area contributed by atoms with Crippen LogP contribution in [0.1, 0.15) is 22.9 Å². The maximum Gasteiger partial charge on any atom is 0.419 e.